The number of hydrogen-bond donors (Lipinski definition) is 3. The van der Waals surface area contributed by atoms with Gasteiger partial charge >= 0.3 is 0 Å². The highest BCUT2D eigenvalue weighted by Gasteiger charge is 2.36. The highest BCUT2D eigenvalue weighted by atomic mass is 15.0. The van der Waals surface area contributed by atoms with Gasteiger partial charge in [-0.15, -0.1) is 0 Å². The lowest BCUT2D eigenvalue weighted by atomic mass is 9.64. The predicted molar refractivity (Wildman–Crippen MR) is 265 cm³/mol. The Labute approximate surface area is 366 Å². The number of rotatable bonds is 4. The van der Waals surface area contributed by atoms with E-state index in [1.807, 2.05) is 24.4 Å². The molecule has 3 aromatic rings. The molecule has 0 heterocycles. The van der Waals surface area contributed by atoms with Crippen molar-refractivity contribution in [2.45, 2.75) is 165 Å². The monoisotopic (exact) mass is 811 g/mol. The minimum absolute atomic E-state index is 0.149. The number of nitrogens with two attached hydrogens (primary N) is 1. The Morgan fingerprint density at radius 2 is 1.25 bits per heavy atom. The first-order chi connectivity index (χ1) is 27.9. The van der Waals surface area contributed by atoms with Crippen molar-refractivity contribution < 1.29 is 0 Å². The quantitative estimate of drug-likeness (QED) is 0.181. The van der Waals surface area contributed by atoms with E-state index in [0.29, 0.717) is 5.92 Å². The molecule has 3 aromatic carbocycles. The molecule has 3 aliphatic carbocycles. The predicted octanol–water partition coefficient (Wildman–Crippen LogP) is 14.3. The van der Waals surface area contributed by atoms with Gasteiger partial charge in [0.05, 0.1) is 5.69 Å². The summed E-state index contributed by atoms with van der Waals surface area (Å²) in [7, 11) is 0. The van der Waals surface area contributed by atoms with Gasteiger partial charge in [-0.1, -0.05) is 157 Å². The topological polar surface area (TPSA) is 74.3 Å². The van der Waals surface area contributed by atoms with Gasteiger partial charge in [-0.3, -0.25) is 0 Å². The molecular weight excluding hydrogens is 729 g/mol. The van der Waals surface area contributed by atoms with Crippen LogP contribution in [0.2, 0.25) is 0 Å². The van der Waals surface area contributed by atoms with Crippen LogP contribution < -0.4 is 21.5 Å². The van der Waals surface area contributed by atoms with Crippen LogP contribution in [0.25, 0.3) is 12.7 Å². The number of aryl methyl sites for hydroxylation is 2. The SMILES string of the molecule is C=C/C=C/Nc1cccc2c1CCCC2.C=C1C(C(C)(C)C)=CC(N)CC1C(C)(C)C.C=c1c(C(C)(C)C)cc(=CC)cc1C(C)(C)C.N=Nc1cccc2c1CCCC2. The van der Waals surface area contributed by atoms with E-state index in [2.05, 4.69) is 169 Å². The fourth-order valence-electron chi connectivity index (χ4n) is 8.79. The zero-order chi connectivity index (χ0) is 45.1. The van der Waals surface area contributed by atoms with Crippen LogP contribution in [-0.4, -0.2) is 6.04 Å². The van der Waals surface area contributed by atoms with E-state index in [9.17, 15) is 0 Å². The Morgan fingerprint density at radius 1 is 0.733 bits per heavy atom. The average Bonchev–Trinajstić information content (AvgIpc) is 3.17. The molecule has 3 aliphatic rings. The summed E-state index contributed by atoms with van der Waals surface area (Å²) in [5, 5.41) is 9.36. The van der Waals surface area contributed by atoms with Gasteiger partial charge in [-0.25, -0.2) is 5.53 Å². The summed E-state index contributed by atoms with van der Waals surface area (Å²) < 4.78 is 0. The molecule has 2 unspecified atom stereocenters. The van der Waals surface area contributed by atoms with Gasteiger partial charge < -0.3 is 11.1 Å². The fraction of sp³-hybridized carbons (Fsp3) is 0.500. The Balaban J connectivity index is 0.000000215. The van der Waals surface area contributed by atoms with Crippen LogP contribution >= 0.6 is 0 Å². The summed E-state index contributed by atoms with van der Waals surface area (Å²) in [6.07, 6.45) is 20.9. The fourth-order valence-corrected chi connectivity index (χ4v) is 8.79. The van der Waals surface area contributed by atoms with E-state index >= 15 is 0 Å². The molecule has 0 spiro atoms. The third-order valence-corrected chi connectivity index (χ3v) is 12.1. The lowest BCUT2D eigenvalue weighted by molar-refractivity contribution is 0.247. The second kappa shape index (κ2) is 21.5. The van der Waals surface area contributed by atoms with Gasteiger partial charge in [0.2, 0.25) is 0 Å². The highest BCUT2D eigenvalue weighted by molar-refractivity contribution is 5.57. The summed E-state index contributed by atoms with van der Waals surface area (Å²) >= 11 is 0. The van der Waals surface area contributed by atoms with Crippen molar-refractivity contribution in [2.75, 3.05) is 5.32 Å². The normalized spacial score (nSPS) is 17.8. The Morgan fingerprint density at radius 3 is 1.73 bits per heavy atom. The van der Waals surface area contributed by atoms with E-state index in [4.69, 9.17) is 11.3 Å². The second-order valence-electron chi connectivity index (χ2n) is 21.2. The summed E-state index contributed by atoms with van der Waals surface area (Å²) in [6.45, 7) is 41.4. The molecule has 0 fully saturated rings. The van der Waals surface area contributed by atoms with Crippen LogP contribution in [0.15, 0.2) is 102 Å². The molecule has 6 rings (SSSR count). The molecule has 0 aliphatic heterocycles. The van der Waals surface area contributed by atoms with Crippen molar-refractivity contribution in [3.05, 3.63) is 141 Å². The van der Waals surface area contributed by atoms with Crippen molar-refractivity contribution in [1.29, 1.82) is 5.53 Å². The van der Waals surface area contributed by atoms with Crippen LogP contribution in [0, 0.1) is 22.3 Å². The Hall–Kier alpha value is -4.28. The first-order valence-electron chi connectivity index (χ1n) is 22.5. The Bertz CT molecular complexity index is 2060. The van der Waals surface area contributed by atoms with E-state index < -0.39 is 0 Å². The standard InChI is InChI=1S/C17H26.C15H27N.C14H17N.C10H12N2/c1-9-13-10-14(16(3,4)5)12(2)15(11-13)17(6,7)8;1-10-12(14(2,3)4)8-11(16)9-13(10)15(5,6)7;1-2-3-11-15-14-10-6-8-12-7-4-5-9-13(12)14;11-12-10-7-3-5-8-4-1-2-6-9(8)10/h9-11H,2H2,1,3-8H3;8,11,13H,1,9,16H2,2-7H3;2-3,6,8,10-11,15H,1,4-5,7,9H2;3,5,7,11H,1-2,4,6H2/b;;11-3+;. The summed E-state index contributed by atoms with van der Waals surface area (Å²) in [5.74, 6) is 0.502. The molecule has 2 atom stereocenters. The number of benzene rings is 3. The van der Waals surface area contributed by atoms with Crippen LogP contribution in [-0.2, 0) is 36.5 Å². The zero-order valence-electron chi connectivity index (χ0n) is 40.2. The maximum atomic E-state index is 7.01. The van der Waals surface area contributed by atoms with Crippen molar-refractivity contribution >= 4 is 24.0 Å². The third kappa shape index (κ3) is 14.2. The molecule has 0 amide bonds. The number of nitrogens with one attached hydrogen (secondary N) is 2. The van der Waals surface area contributed by atoms with Crippen LogP contribution in [0.4, 0.5) is 11.4 Å². The molecule has 4 N–H and O–H groups in total. The van der Waals surface area contributed by atoms with Crippen molar-refractivity contribution in [1.82, 2.24) is 0 Å². The maximum Gasteiger partial charge on any atom is 0.0884 e. The van der Waals surface area contributed by atoms with E-state index in [0.717, 1.165) is 18.5 Å². The van der Waals surface area contributed by atoms with Crippen molar-refractivity contribution in [3.8, 4) is 0 Å². The van der Waals surface area contributed by atoms with E-state index in [1.165, 1.54) is 106 Å². The molecule has 4 nitrogen and oxygen atoms in total. The molecular formula is C56H82N4. The largest absolute Gasteiger partial charge is 0.361 e. The van der Waals surface area contributed by atoms with Crippen LogP contribution in [0.5, 0.6) is 0 Å². The molecule has 0 saturated heterocycles. The minimum atomic E-state index is 0.149. The van der Waals surface area contributed by atoms with Gasteiger partial charge in [0, 0.05) is 17.9 Å². The summed E-state index contributed by atoms with van der Waals surface area (Å²) in [6, 6.07) is 17.3. The smallest absolute Gasteiger partial charge is 0.0884 e. The van der Waals surface area contributed by atoms with Crippen molar-refractivity contribution in [2.24, 2.45) is 27.6 Å². The van der Waals surface area contributed by atoms with Gasteiger partial charge in [-0.05, 0) is 165 Å². The maximum absolute atomic E-state index is 7.01. The van der Waals surface area contributed by atoms with Crippen LogP contribution in [0.3, 0.4) is 0 Å². The molecule has 0 saturated carbocycles. The van der Waals surface area contributed by atoms with Gasteiger partial charge in [0.1, 0.15) is 0 Å². The van der Waals surface area contributed by atoms with E-state index in [-0.39, 0.29) is 27.7 Å². The first kappa shape index (κ1) is 50.1. The van der Waals surface area contributed by atoms with E-state index in [1.54, 1.807) is 6.08 Å². The molecule has 0 radical (unpaired) electrons. The molecule has 60 heavy (non-hydrogen) atoms. The van der Waals surface area contributed by atoms with Gasteiger partial charge in [-0.2, -0.15) is 5.11 Å². The van der Waals surface area contributed by atoms with Gasteiger partial charge in [0.25, 0.3) is 0 Å². The molecule has 0 aromatic heterocycles. The first-order valence-corrected chi connectivity index (χ1v) is 22.5. The van der Waals surface area contributed by atoms with Crippen molar-refractivity contribution in [3.63, 3.8) is 0 Å². The number of fused-ring (bicyclic) bond motifs is 2. The highest BCUT2D eigenvalue weighted by Crippen LogP contribution is 2.45. The van der Waals surface area contributed by atoms with Crippen LogP contribution in [0.1, 0.15) is 155 Å². The van der Waals surface area contributed by atoms with Gasteiger partial charge in [0.15, 0.2) is 0 Å². The third-order valence-electron chi connectivity index (χ3n) is 12.1. The summed E-state index contributed by atoms with van der Waals surface area (Å²) in [4.78, 5) is 0. The Kier molecular flexibility index (Phi) is 17.9. The lowest BCUT2D eigenvalue weighted by Crippen LogP contribution is -2.36. The molecule has 4 heteroatoms. The second-order valence-corrected chi connectivity index (χ2v) is 21.2. The number of anilines is 1. The average molecular weight is 811 g/mol. The lowest BCUT2D eigenvalue weighted by Gasteiger charge is -2.41. The molecule has 0 bridgehead atoms. The zero-order valence-corrected chi connectivity index (χ0v) is 40.2. The minimum Gasteiger partial charge on any atom is -0.361 e. The number of hydrogen-bond acceptors (Lipinski definition) is 4. The number of nitrogens with zero attached hydrogens (tertiary/aromatic N) is 1. The summed E-state index contributed by atoms with van der Waals surface area (Å²) in [5.41, 5.74) is 27.1. The molecule has 326 valence electrons. The number of allylic oxidation sites excluding steroid dienone is 4.